The minimum atomic E-state index is -0.166. The maximum atomic E-state index is 13.1. The summed E-state index contributed by atoms with van der Waals surface area (Å²) < 4.78 is 16.7. The summed E-state index contributed by atoms with van der Waals surface area (Å²) in [7, 11) is 3.19. The highest BCUT2D eigenvalue weighted by molar-refractivity contribution is 9.10. The highest BCUT2D eigenvalue weighted by Gasteiger charge is 2.33. The standard InChI is InChI=1S/C22H20BrN3O4S/c1-28-12-10-26-21(27)20(14-15-13-16(23)3-8-19(15)30-11-9-24)31-22(26)25-17-4-6-18(29-2)7-5-17/h3-8,13-14H,10-12H2,1-2H3/b20-14-,25-22?. The monoisotopic (exact) mass is 501 g/mol. The predicted octanol–water partition coefficient (Wildman–Crippen LogP) is 4.61. The summed E-state index contributed by atoms with van der Waals surface area (Å²) in [4.78, 5) is 19.8. The van der Waals surface area contributed by atoms with Crippen molar-refractivity contribution in [3.8, 4) is 17.6 Å². The molecule has 0 N–H and O–H groups in total. The van der Waals surface area contributed by atoms with E-state index in [-0.39, 0.29) is 12.5 Å². The lowest BCUT2D eigenvalue weighted by molar-refractivity contribution is -0.122. The number of nitrogens with zero attached hydrogens (tertiary/aromatic N) is 3. The van der Waals surface area contributed by atoms with Crippen molar-refractivity contribution in [3.63, 3.8) is 0 Å². The molecule has 0 bridgehead atoms. The van der Waals surface area contributed by atoms with Crippen LogP contribution in [0, 0.1) is 11.3 Å². The van der Waals surface area contributed by atoms with Gasteiger partial charge in [-0.1, -0.05) is 15.9 Å². The predicted molar refractivity (Wildman–Crippen MR) is 124 cm³/mol. The summed E-state index contributed by atoms with van der Waals surface area (Å²) in [5, 5.41) is 9.39. The summed E-state index contributed by atoms with van der Waals surface area (Å²) in [6.45, 7) is 0.683. The van der Waals surface area contributed by atoms with E-state index in [9.17, 15) is 4.79 Å². The van der Waals surface area contributed by atoms with Gasteiger partial charge in [0.15, 0.2) is 11.8 Å². The molecule has 0 unspecified atom stereocenters. The Labute approximate surface area is 193 Å². The number of thioether (sulfide) groups is 1. The second-order valence-electron chi connectivity index (χ2n) is 6.28. The number of amides is 1. The minimum absolute atomic E-state index is 0.0803. The molecule has 0 radical (unpaired) electrons. The van der Waals surface area contributed by atoms with E-state index in [1.54, 1.807) is 31.3 Å². The van der Waals surface area contributed by atoms with Gasteiger partial charge in [0.1, 0.15) is 17.6 Å². The molecule has 0 saturated carbocycles. The van der Waals surface area contributed by atoms with Gasteiger partial charge in [0.2, 0.25) is 0 Å². The minimum Gasteiger partial charge on any atom is -0.497 e. The molecule has 0 aromatic heterocycles. The number of halogens is 1. The van der Waals surface area contributed by atoms with Gasteiger partial charge in [-0.25, -0.2) is 4.99 Å². The van der Waals surface area contributed by atoms with Crippen LogP contribution in [0.25, 0.3) is 6.08 Å². The molecule has 2 aromatic carbocycles. The van der Waals surface area contributed by atoms with E-state index in [0.717, 1.165) is 10.2 Å². The lowest BCUT2D eigenvalue weighted by Crippen LogP contribution is -2.32. The van der Waals surface area contributed by atoms with Crippen molar-refractivity contribution < 1.29 is 19.0 Å². The van der Waals surface area contributed by atoms with Crippen molar-refractivity contribution in [1.29, 1.82) is 5.26 Å². The number of carbonyl (C=O) groups excluding carboxylic acids is 1. The Morgan fingerprint density at radius 3 is 2.68 bits per heavy atom. The molecule has 1 heterocycles. The highest BCUT2D eigenvalue weighted by Crippen LogP contribution is 2.36. The fourth-order valence-corrected chi connectivity index (χ4v) is 4.15. The van der Waals surface area contributed by atoms with Gasteiger partial charge >= 0.3 is 0 Å². The second-order valence-corrected chi connectivity index (χ2v) is 8.21. The third-order valence-corrected chi connectivity index (χ3v) is 5.75. The van der Waals surface area contributed by atoms with E-state index in [4.69, 9.17) is 19.5 Å². The second kappa shape index (κ2) is 11.0. The zero-order valence-corrected chi connectivity index (χ0v) is 19.4. The zero-order valence-electron chi connectivity index (χ0n) is 17.0. The van der Waals surface area contributed by atoms with Crippen LogP contribution in [-0.2, 0) is 9.53 Å². The molecule has 1 saturated heterocycles. The van der Waals surface area contributed by atoms with E-state index in [1.165, 1.54) is 11.8 Å². The largest absolute Gasteiger partial charge is 0.497 e. The molecule has 1 fully saturated rings. The van der Waals surface area contributed by atoms with E-state index < -0.39 is 0 Å². The number of rotatable bonds is 8. The summed E-state index contributed by atoms with van der Waals surface area (Å²) in [5.74, 6) is 1.09. The number of hydrogen-bond donors (Lipinski definition) is 0. The molecular weight excluding hydrogens is 482 g/mol. The highest BCUT2D eigenvalue weighted by atomic mass is 79.9. The van der Waals surface area contributed by atoms with Crippen molar-refractivity contribution >= 4 is 50.5 Å². The van der Waals surface area contributed by atoms with Gasteiger partial charge < -0.3 is 14.2 Å². The van der Waals surface area contributed by atoms with Gasteiger partial charge in [-0.3, -0.25) is 9.69 Å². The smallest absolute Gasteiger partial charge is 0.266 e. The van der Waals surface area contributed by atoms with Crippen LogP contribution in [0.15, 0.2) is 56.8 Å². The molecular formula is C22H20BrN3O4S. The fraction of sp³-hybridized carbons (Fsp3) is 0.227. The SMILES string of the molecule is COCCN1C(=O)/C(=C/c2cc(Br)ccc2OCC#N)SC1=Nc1ccc(OC)cc1. The third-order valence-electron chi connectivity index (χ3n) is 4.25. The molecule has 0 atom stereocenters. The summed E-state index contributed by atoms with van der Waals surface area (Å²) >= 11 is 4.72. The van der Waals surface area contributed by atoms with E-state index in [0.29, 0.717) is 40.2 Å². The summed E-state index contributed by atoms with van der Waals surface area (Å²) in [5.41, 5.74) is 1.40. The Kier molecular flexibility index (Phi) is 8.12. The Bertz CT molecular complexity index is 1050. The molecule has 0 spiro atoms. The Morgan fingerprint density at radius 1 is 1.23 bits per heavy atom. The first kappa shape index (κ1) is 22.9. The first-order chi connectivity index (χ1) is 15.0. The molecule has 2 aromatic rings. The normalized spacial score (nSPS) is 16.1. The number of ether oxygens (including phenoxy) is 3. The third kappa shape index (κ3) is 5.88. The number of methoxy groups -OCH3 is 2. The molecule has 9 heteroatoms. The van der Waals surface area contributed by atoms with Crippen molar-refractivity contribution in [2.75, 3.05) is 34.0 Å². The molecule has 1 aliphatic rings. The number of hydrogen-bond acceptors (Lipinski definition) is 7. The van der Waals surface area contributed by atoms with Crippen LogP contribution in [0.2, 0.25) is 0 Å². The number of nitriles is 1. The van der Waals surface area contributed by atoms with Gasteiger partial charge in [0.25, 0.3) is 5.91 Å². The number of benzene rings is 2. The lowest BCUT2D eigenvalue weighted by atomic mass is 10.2. The average molecular weight is 502 g/mol. The van der Waals surface area contributed by atoms with Gasteiger partial charge in [0.05, 0.1) is 30.9 Å². The first-order valence-corrected chi connectivity index (χ1v) is 10.9. The maximum Gasteiger partial charge on any atom is 0.266 e. The maximum absolute atomic E-state index is 13.1. The zero-order chi connectivity index (χ0) is 22.2. The van der Waals surface area contributed by atoms with E-state index in [2.05, 4.69) is 20.9 Å². The molecule has 0 aliphatic carbocycles. The van der Waals surface area contributed by atoms with Crippen LogP contribution in [0.3, 0.4) is 0 Å². The van der Waals surface area contributed by atoms with Crippen LogP contribution in [-0.4, -0.2) is 50.0 Å². The van der Waals surface area contributed by atoms with Gasteiger partial charge in [-0.05, 0) is 60.3 Å². The van der Waals surface area contributed by atoms with Crippen molar-refractivity contribution in [2.24, 2.45) is 4.99 Å². The summed E-state index contributed by atoms with van der Waals surface area (Å²) in [6.07, 6.45) is 1.75. The van der Waals surface area contributed by atoms with E-state index >= 15 is 0 Å². The van der Waals surface area contributed by atoms with Crippen molar-refractivity contribution in [3.05, 3.63) is 57.4 Å². The Balaban J connectivity index is 1.95. The Hall–Kier alpha value is -2.80. The van der Waals surface area contributed by atoms with Crippen LogP contribution < -0.4 is 9.47 Å². The molecule has 160 valence electrons. The average Bonchev–Trinajstić information content (AvgIpc) is 3.06. The number of aliphatic imine (C=N–C) groups is 1. The quantitative estimate of drug-likeness (QED) is 0.491. The van der Waals surface area contributed by atoms with Gasteiger partial charge in [-0.2, -0.15) is 5.26 Å². The topological polar surface area (TPSA) is 84.1 Å². The van der Waals surface area contributed by atoms with Crippen LogP contribution in [0.5, 0.6) is 11.5 Å². The molecule has 7 nitrogen and oxygen atoms in total. The Morgan fingerprint density at radius 2 is 2.00 bits per heavy atom. The van der Waals surface area contributed by atoms with Gasteiger partial charge in [-0.15, -0.1) is 0 Å². The fourth-order valence-electron chi connectivity index (χ4n) is 2.75. The number of amidine groups is 1. The van der Waals surface area contributed by atoms with Crippen LogP contribution in [0.4, 0.5) is 5.69 Å². The van der Waals surface area contributed by atoms with Crippen molar-refractivity contribution in [2.45, 2.75) is 0 Å². The van der Waals surface area contributed by atoms with Crippen LogP contribution >= 0.6 is 27.7 Å². The first-order valence-electron chi connectivity index (χ1n) is 9.28. The molecule has 3 rings (SSSR count). The van der Waals surface area contributed by atoms with Crippen molar-refractivity contribution in [1.82, 2.24) is 4.90 Å². The lowest BCUT2D eigenvalue weighted by Gasteiger charge is -2.14. The molecule has 1 amide bonds. The van der Waals surface area contributed by atoms with E-state index in [1.807, 2.05) is 42.5 Å². The number of carbonyl (C=O) groups is 1. The summed E-state index contributed by atoms with van der Waals surface area (Å²) in [6, 6.07) is 14.7. The van der Waals surface area contributed by atoms with Gasteiger partial charge in [0, 0.05) is 17.1 Å². The van der Waals surface area contributed by atoms with Crippen LogP contribution in [0.1, 0.15) is 5.56 Å². The molecule has 31 heavy (non-hydrogen) atoms. The molecule has 1 aliphatic heterocycles.